The molecule has 0 spiro atoms. The van der Waals surface area contributed by atoms with Gasteiger partial charge in [-0.2, -0.15) is 0 Å². The second-order valence-electron chi connectivity index (χ2n) is 11.0. The number of aliphatic hydroxyl groups is 1. The van der Waals surface area contributed by atoms with Gasteiger partial charge in [-0.3, -0.25) is 9.59 Å². The number of aromatic amines is 1. The van der Waals surface area contributed by atoms with Gasteiger partial charge in [0.25, 0.3) is 11.7 Å². The van der Waals surface area contributed by atoms with Crippen LogP contribution in [0.25, 0.3) is 16.7 Å². The SMILES string of the molecule is COc1ccc(C(C)(C)C)cc1/C(O)=C1\C(=O)C(=O)N(C2CCCCC2)C1c1c[nH]c2ccccc12. The molecule has 1 saturated carbocycles. The number of rotatable bonds is 4. The number of aliphatic hydroxyl groups excluding tert-OH is 1. The molecule has 2 N–H and O–H groups in total. The predicted molar refractivity (Wildman–Crippen MR) is 141 cm³/mol. The number of benzene rings is 2. The Bertz CT molecular complexity index is 1350. The van der Waals surface area contributed by atoms with Crippen LogP contribution in [0.5, 0.6) is 5.75 Å². The molecule has 1 saturated heterocycles. The number of ether oxygens (including phenoxy) is 1. The van der Waals surface area contributed by atoms with Gasteiger partial charge < -0.3 is 19.7 Å². The summed E-state index contributed by atoms with van der Waals surface area (Å²) in [6, 6.07) is 12.8. The molecular formula is C30H34N2O4. The number of carbonyl (C=O) groups excluding carboxylic acids is 2. The van der Waals surface area contributed by atoms with E-state index in [4.69, 9.17) is 4.74 Å². The van der Waals surface area contributed by atoms with Crippen LogP contribution >= 0.6 is 0 Å². The van der Waals surface area contributed by atoms with E-state index < -0.39 is 17.7 Å². The number of methoxy groups -OCH3 is 1. The van der Waals surface area contributed by atoms with Gasteiger partial charge >= 0.3 is 0 Å². The number of fused-ring (bicyclic) bond motifs is 1. The Kier molecular flexibility index (Phi) is 6.15. The van der Waals surface area contributed by atoms with E-state index in [1.165, 1.54) is 0 Å². The molecule has 188 valence electrons. The Hall–Kier alpha value is -3.54. The number of hydrogen-bond acceptors (Lipinski definition) is 4. The fourth-order valence-corrected chi connectivity index (χ4v) is 5.72. The molecule has 2 fully saturated rings. The van der Waals surface area contributed by atoms with Gasteiger partial charge in [-0.1, -0.05) is 64.3 Å². The molecule has 1 amide bonds. The van der Waals surface area contributed by atoms with Crippen molar-refractivity contribution in [2.45, 2.75) is 70.4 Å². The Morgan fingerprint density at radius 1 is 1.06 bits per heavy atom. The fourth-order valence-electron chi connectivity index (χ4n) is 5.72. The van der Waals surface area contributed by atoms with Gasteiger partial charge in [-0.05, 0) is 42.0 Å². The average Bonchev–Trinajstić information content (AvgIpc) is 3.41. The van der Waals surface area contributed by atoms with Crippen molar-refractivity contribution in [1.82, 2.24) is 9.88 Å². The second-order valence-corrected chi connectivity index (χ2v) is 11.0. The molecule has 3 aromatic rings. The number of nitrogens with zero attached hydrogens (tertiary/aromatic N) is 1. The molecule has 1 aliphatic heterocycles. The topological polar surface area (TPSA) is 82.6 Å². The van der Waals surface area contributed by atoms with Gasteiger partial charge in [0.2, 0.25) is 0 Å². The highest BCUT2D eigenvalue weighted by molar-refractivity contribution is 6.46. The van der Waals surface area contributed by atoms with E-state index in [-0.39, 0.29) is 22.8 Å². The summed E-state index contributed by atoms with van der Waals surface area (Å²) in [5.41, 5.74) is 3.12. The molecule has 6 nitrogen and oxygen atoms in total. The van der Waals surface area contributed by atoms with E-state index in [1.54, 1.807) is 12.0 Å². The highest BCUT2D eigenvalue weighted by Gasteiger charge is 2.49. The molecule has 0 radical (unpaired) electrons. The van der Waals surface area contributed by atoms with E-state index in [9.17, 15) is 14.7 Å². The van der Waals surface area contributed by atoms with Crippen LogP contribution in [0.1, 0.15) is 75.6 Å². The number of para-hydroxylation sites is 1. The third-order valence-electron chi connectivity index (χ3n) is 7.68. The van der Waals surface area contributed by atoms with Crippen molar-refractivity contribution in [2.75, 3.05) is 7.11 Å². The van der Waals surface area contributed by atoms with E-state index in [1.807, 2.05) is 48.7 Å². The van der Waals surface area contributed by atoms with Gasteiger partial charge in [0.1, 0.15) is 11.5 Å². The van der Waals surface area contributed by atoms with Crippen LogP contribution in [0.3, 0.4) is 0 Å². The lowest BCUT2D eigenvalue weighted by molar-refractivity contribution is -0.141. The number of carbonyl (C=O) groups is 2. The van der Waals surface area contributed by atoms with Crippen molar-refractivity contribution in [3.05, 3.63) is 70.9 Å². The Morgan fingerprint density at radius 2 is 1.78 bits per heavy atom. The zero-order chi connectivity index (χ0) is 25.6. The molecule has 2 heterocycles. The molecule has 1 aromatic heterocycles. The van der Waals surface area contributed by atoms with E-state index in [0.29, 0.717) is 11.3 Å². The van der Waals surface area contributed by atoms with E-state index in [2.05, 4.69) is 25.8 Å². The van der Waals surface area contributed by atoms with Gasteiger partial charge in [0.15, 0.2) is 0 Å². The summed E-state index contributed by atoms with van der Waals surface area (Å²) in [5.74, 6) is -0.909. The van der Waals surface area contributed by atoms with E-state index >= 15 is 0 Å². The van der Waals surface area contributed by atoms with Gasteiger partial charge in [-0.25, -0.2) is 0 Å². The van der Waals surface area contributed by atoms with Crippen LogP contribution in [0.15, 0.2) is 54.2 Å². The first-order valence-electron chi connectivity index (χ1n) is 12.8. The highest BCUT2D eigenvalue weighted by atomic mass is 16.5. The van der Waals surface area contributed by atoms with Crippen molar-refractivity contribution in [1.29, 1.82) is 0 Å². The van der Waals surface area contributed by atoms with E-state index in [0.717, 1.165) is 54.1 Å². The summed E-state index contributed by atoms with van der Waals surface area (Å²) >= 11 is 0. The summed E-state index contributed by atoms with van der Waals surface area (Å²) in [5, 5.41) is 12.7. The molecule has 0 bridgehead atoms. The van der Waals surface area contributed by atoms with Crippen molar-refractivity contribution < 1.29 is 19.4 Å². The minimum atomic E-state index is -0.674. The molecule has 1 atom stereocenters. The lowest BCUT2D eigenvalue weighted by Crippen LogP contribution is -2.40. The third kappa shape index (κ3) is 3.98. The van der Waals surface area contributed by atoms with Crippen LogP contribution in [0.2, 0.25) is 0 Å². The van der Waals surface area contributed by atoms with Crippen LogP contribution in [-0.4, -0.2) is 39.8 Å². The monoisotopic (exact) mass is 486 g/mol. The number of aromatic nitrogens is 1. The molecule has 1 unspecified atom stereocenters. The standard InChI is InChI=1S/C30H34N2O4/c1-30(2,3)18-14-15-24(36-4)21(16-18)27(33)25-26(22-17-31-23-13-9-8-12-20(22)23)32(29(35)28(25)34)19-10-6-5-7-11-19/h8-9,12-17,19,26,31,33H,5-7,10-11H2,1-4H3/b27-25+. The molecule has 36 heavy (non-hydrogen) atoms. The normalized spacial score (nSPS) is 20.9. The minimum absolute atomic E-state index is 0.0398. The molecular weight excluding hydrogens is 452 g/mol. The average molecular weight is 487 g/mol. The lowest BCUT2D eigenvalue weighted by atomic mass is 9.85. The molecule has 5 rings (SSSR count). The van der Waals surface area contributed by atoms with Crippen molar-refractivity contribution in [2.24, 2.45) is 0 Å². The third-order valence-corrected chi connectivity index (χ3v) is 7.68. The summed E-state index contributed by atoms with van der Waals surface area (Å²) < 4.78 is 5.58. The van der Waals surface area contributed by atoms with Crippen LogP contribution < -0.4 is 4.74 Å². The summed E-state index contributed by atoms with van der Waals surface area (Å²) in [4.78, 5) is 32.2. The molecule has 1 aliphatic carbocycles. The van der Waals surface area contributed by atoms with Gasteiger partial charge in [0, 0.05) is 28.7 Å². The maximum atomic E-state index is 13.6. The van der Waals surface area contributed by atoms with Crippen molar-refractivity contribution in [3.8, 4) is 5.75 Å². The van der Waals surface area contributed by atoms with Crippen LogP contribution in [-0.2, 0) is 15.0 Å². The Labute approximate surface area is 212 Å². The number of nitrogens with one attached hydrogen (secondary N) is 1. The highest BCUT2D eigenvalue weighted by Crippen LogP contribution is 2.46. The number of Topliss-reactive ketones (excluding diaryl/α,β-unsaturated/α-hetero) is 1. The molecule has 2 aromatic carbocycles. The quantitative estimate of drug-likeness (QED) is 0.260. The Morgan fingerprint density at radius 3 is 2.47 bits per heavy atom. The largest absolute Gasteiger partial charge is 0.507 e. The summed E-state index contributed by atoms with van der Waals surface area (Å²) in [6.07, 6.45) is 6.76. The smallest absolute Gasteiger partial charge is 0.295 e. The lowest BCUT2D eigenvalue weighted by Gasteiger charge is -2.35. The maximum Gasteiger partial charge on any atom is 0.295 e. The van der Waals surface area contributed by atoms with Crippen molar-refractivity contribution >= 4 is 28.4 Å². The minimum Gasteiger partial charge on any atom is -0.507 e. The zero-order valence-corrected chi connectivity index (χ0v) is 21.4. The number of hydrogen-bond donors (Lipinski definition) is 2. The second kappa shape index (κ2) is 9.16. The number of likely N-dealkylation sites (tertiary alicyclic amines) is 1. The number of amides is 1. The van der Waals surface area contributed by atoms with Crippen LogP contribution in [0, 0.1) is 0 Å². The van der Waals surface area contributed by atoms with Gasteiger partial charge in [0.05, 0.1) is 24.3 Å². The predicted octanol–water partition coefficient (Wildman–Crippen LogP) is 6.23. The summed E-state index contributed by atoms with van der Waals surface area (Å²) in [7, 11) is 1.54. The Balaban J connectivity index is 1.75. The van der Waals surface area contributed by atoms with Gasteiger partial charge in [-0.15, -0.1) is 0 Å². The molecule has 6 heteroatoms. The number of H-pyrrole nitrogens is 1. The molecule has 2 aliphatic rings. The zero-order valence-electron chi connectivity index (χ0n) is 21.4. The first-order chi connectivity index (χ1) is 17.2. The van der Waals surface area contributed by atoms with Crippen molar-refractivity contribution in [3.63, 3.8) is 0 Å². The fraction of sp³-hybridized carbons (Fsp3) is 0.400. The number of ketones is 1. The first-order valence-corrected chi connectivity index (χ1v) is 12.8. The maximum absolute atomic E-state index is 13.6. The van der Waals surface area contributed by atoms with Crippen LogP contribution in [0.4, 0.5) is 0 Å². The summed E-state index contributed by atoms with van der Waals surface area (Å²) in [6.45, 7) is 6.27. The first kappa shape index (κ1) is 24.2.